The summed E-state index contributed by atoms with van der Waals surface area (Å²) in [6.07, 6.45) is 0.290. The Hall–Kier alpha value is -2.49. The van der Waals surface area contributed by atoms with Gasteiger partial charge in [0, 0.05) is 5.56 Å². The number of nitrogens with one attached hydrogen (secondary N) is 2. The molecule has 0 aromatic heterocycles. The first kappa shape index (κ1) is 19.8. The number of esters is 1. The van der Waals surface area contributed by atoms with Gasteiger partial charge < -0.3 is 15.4 Å². The Labute approximate surface area is 150 Å². The van der Waals surface area contributed by atoms with Gasteiger partial charge in [-0.25, -0.2) is 12.8 Å². The van der Waals surface area contributed by atoms with Crippen LogP contribution in [0.2, 0.25) is 0 Å². The van der Waals surface area contributed by atoms with Crippen LogP contribution in [-0.4, -0.2) is 56.4 Å². The first-order valence-electron chi connectivity index (χ1n) is 7.79. The number of carbonyl (C=O) groups is 3. The molecule has 8 nitrogen and oxygen atoms in total. The Kier molecular flexibility index (Phi) is 5.96. The molecule has 0 unspecified atom stereocenters. The third kappa shape index (κ3) is 5.80. The molecule has 2 amide bonds. The minimum Gasteiger partial charge on any atom is -0.454 e. The van der Waals surface area contributed by atoms with Gasteiger partial charge in [-0.1, -0.05) is 6.07 Å². The molecule has 0 bridgehead atoms. The third-order valence-corrected chi connectivity index (χ3v) is 5.69. The summed E-state index contributed by atoms with van der Waals surface area (Å²) >= 11 is 0. The number of sulfone groups is 1. The lowest BCUT2D eigenvalue weighted by Crippen LogP contribution is -2.48. The Bertz CT molecular complexity index is 826. The van der Waals surface area contributed by atoms with Gasteiger partial charge in [0.15, 0.2) is 16.4 Å². The van der Waals surface area contributed by atoms with E-state index in [0.29, 0.717) is 6.42 Å². The molecule has 1 heterocycles. The summed E-state index contributed by atoms with van der Waals surface area (Å²) in [6, 6.07) is 4.94. The molecule has 1 aliphatic heterocycles. The predicted molar refractivity (Wildman–Crippen MR) is 89.5 cm³/mol. The van der Waals surface area contributed by atoms with Crippen LogP contribution < -0.4 is 10.6 Å². The summed E-state index contributed by atoms with van der Waals surface area (Å²) in [5.74, 6) is -2.89. The largest absolute Gasteiger partial charge is 0.454 e. The maximum Gasteiger partial charge on any atom is 0.325 e. The number of ether oxygens (including phenoxy) is 1. The highest BCUT2D eigenvalue weighted by Gasteiger charge is 2.39. The number of amides is 2. The van der Waals surface area contributed by atoms with Crippen molar-refractivity contribution in [1.29, 1.82) is 0 Å². The van der Waals surface area contributed by atoms with E-state index in [9.17, 15) is 27.2 Å². The van der Waals surface area contributed by atoms with Crippen molar-refractivity contribution < 1.29 is 31.9 Å². The van der Waals surface area contributed by atoms with Crippen LogP contribution in [0, 0.1) is 5.82 Å². The van der Waals surface area contributed by atoms with Crippen LogP contribution in [0.15, 0.2) is 24.3 Å². The van der Waals surface area contributed by atoms with E-state index in [1.807, 2.05) is 0 Å². The Morgan fingerprint density at radius 2 is 2.04 bits per heavy atom. The Balaban J connectivity index is 1.73. The second kappa shape index (κ2) is 7.81. The van der Waals surface area contributed by atoms with Crippen molar-refractivity contribution >= 4 is 27.6 Å². The zero-order chi connectivity index (χ0) is 19.4. The Morgan fingerprint density at radius 3 is 2.65 bits per heavy atom. The van der Waals surface area contributed by atoms with Gasteiger partial charge >= 0.3 is 5.97 Å². The number of carbonyl (C=O) groups excluding carboxylic acids is 3. The maximum absolute atomic E-state index is 13.0. The summed E-state index contributed by atoms with van der Waals surface area (Å²) in [7, 11) is -3.18. The predicted octanol–water partition coefficient (Wildman–Crippen LogP) is -0.208. The third-order valence-electron chi connectivity index (χ3n) is 3.79. The van der Waals surface area contributed by atoms with E-state index in [0.717, 1.165) is 6.07 Å². The van der Waals surface area contributed by atoms with E-state index in [1.165, 1.54) is 18.2 Å². The van der Waals surface area contributed by atoms with Crippen LogP contribution in [-0.2, 0) is 24.2 Å². The molecule has 1 aromatic carbocycles. The summed E-state index contributed by atoms with van der Waals surface area (Å²) in [5, 5.41) is 4.79. The number of hydrogen-bond donors (Lipinski definition) is 2. The maximum atomic E-state index is 13.0. The average molecular weight is 386 g/mol. The van der Waals surface area contributed by atoms with Crippen molar-refractivity contribution in [3.8, 4) is 0 Å². The molecular weight excluding hydrogens is 367 g/mol. The molecule has 0 radical (unpaired) electrons. The molecule has 1 fully saturated rings. The standard InChI is InChI=1S/C16H19FN2O6S/c1-16(5-6-26(23,24)10-16)19-13(20)9-25-14(21)8-18-15(22)11-3-2-4-12(17)7-11/h2-4,7H,5-6,8-10H2,1H3,(H,18,22)(H,19,20)/t16-/m0/s1. The first-order valence-corrected chi connectivity index (χ1v) is 9.62. The van der Waals surface area contributed by atoms with E-state index >= 15 is 0 Å². The van der Waals surface area contributed by atoms with Crippen molar-refractivity contribution in [3.05, 3.63) is 35.6 Å². The SMILES string of the molecule is C[C@]1(NC(=O)COC(=O)CNC(=O)c2cccc(F)c2)CCS(=O)(=O)C1. The lowest BCUT2D eigenvalue weighted by Gasteiger charge is -2.23. The van der Waals surface area contributed by atoms with Gasteiger partial charge in [0.25, 0.3) is 11.8 Å². The molecule has 10 heteroatoms. The second-order valence-electron chi connectivity index (χ2n) is 6.30. The first-order chi connectivity index (χ1) is 12.1. The smallest absolute Gasteiger partial charge is 0.325 e. The monoisotopic (exact) mass is 386 g/mol. The topological polar surface area (TPSA) is 119 Å². The molecule has 0 spiro atoms. The number of halogens is 1. The number of benzene rings is 1. The van der Waals surface area contributed by atoms with Crippen LogP contribution in [0.3, 0.4) is 0 Å². The molecule has 26 heavy (non-hydrogen) atoms. The van der Waals surface area contributed by atoms with Crippen molar-refractivity contribution in [2.75, 3.05) is 24.7 Å². The van der Waals surface area contributed by atoms with Crippen molar-refractivity contribution in [3.63, 3.8) is 0 Å². The van der Waals surface area contributed by atoms with Crippen LogP contribution >= 0.6 is 0 Å². The highest BCUT2D eigenvalue weighted by atomic mass is 32.2. The zero-order valence-corrected chi connectivity index (χ0v) is 14.9. The minimum atomic E-state index is -3.18. The van der Waals surface area contributed by atoms with Gasteiger partial charge in [0.05, 0.1) is 17.0 Å². The van der Waals surface area contributed by atoms with Gasteiger partial charge in [-0.05, 0) is 31.5 Å². The van der Waals surface area contributed by atoms with Gasteiger partial charge in [0.1, 0.15) is 12.4 Å². The van der Waals surface area contributed by atoms with Crippen molar-refractivity contribution in [1.82, 2.24) is 10.6 Å². The van der Waals surface area contributed by atoms with E-state index in [4.69, 9.17) is 4.74 Å². The van der Waals surface area contributed by atoms with Gasteiger partial charge in [-0.3, -0.25) is 14.4 Å². The number of rotatable bonds is 6. The molecule has 1 saturated heterocycles. The molecule has 0 aliphatic carbocycles. The number of hydrogen-bond acceptors (Lipinski definition) is 6. The zero-order valence-electron chi connectivity index (χ0n) is 14.1. The molecule has 1 aliphatic rings. The quantitative estimate of drug-likeness (QED) is 0.653. The fraction of sp³-hybridized carbons (Fsp3) is 0.438. The fourth-order valence-electron chi connectivity index (χ4n) is 2.56. The van der Waals surface area contributed by atoms with E-state index in [-0.39, 0.29) is 17.1 Å². The highest BCUT2D eigenvalue weighted by molar-refractivity contribution is 7.91. The van der Waals surface area contributed by atoms with Crippen LogP contribution in [0.25, 0.3) is 0 Å². The van der Waals surface area contributed by atoms with Gasteiger partial charge in [-0.2, -0.15) is 0 Å². The molecule has 2 rings (SSSR count). The normalized spacial score (nSPS) is 21.0. The van der Waals surface area contributed by atoms with Crippen molar-refractivity contribution in [2.24, 2.45) is 0 Å². The lowest BCUT2D eigenvalue weighted by atomic mass is 10.0. The molecular formula is C16H19FN2O6S. The summed E-state index contributed by atoms with van der Waals surface area (Å²) < 4.78 is 40.7. The molecule has 1 atom stereocenters. The summed E-state index contributed by atoms with van der Waals surface area (Å²) in [5.41, 5.74) is -0.834. The summed E-state index contributed by atoms with van der Waals surface area (Å²) in [4.78, 5) is 35.1. The Morgan fingerprint density at radius 1 is 1.31 bits per heavy atom. The van der Waals surface area contributed by atoms with Crippen LogP contribution in [0.1, 0.15) is 23.7 Å². The molecule has 0 saturated carbocycles. The second-order valence-corrected chi connectivity index (χ2v) is 8.49. The van der Waals surface area contributed by atoms with E-state index < -0.39 is 52.1 Å². The van der Waals surface area contributed by atoms with Gasteiger partial charge in [-0.15, -0.1) is 0 Å². The highest BCUT2D eigenvalue weighted by Crippen LogP contribution is 2.22. The lowest BCUT2D eigenvalue weighted by molar-refractivity contribution is -0.147. The van der Waals surface area contributed by atoms with E-state index in [1.54, 1.807) is 6.92 Å². The minimum absolute atomic E-state index is 0.00429. The van der Waals surface area contributed by atoms with Gasteiger partial charge in [0.2, 0.25) is 0 Å². The van der Waals surface area contributed by atoms with E-state index in [2.05, 4.69) is 10.6 Å². The average Bonchev–Trinajstić information content (AvgIpc) is 2.83. The summed E-state index contributed by atoms with van der Waals surface area (Å²) in [6.45, 7) is 0.523. The fourth-order valence-corrected chi connectivity index (χ4v) is 4.66. The van der Waals surface area contributed by atoms with Crippen LogP contribution in [0.4, 0.5) is 4.39 Å². The molecule has 2 N–H and O–H groups in total. The van der Waals surface area contributed by atoms with Crippen LogP contribution in [0.5, 0.6) is 0 Å². The molecule has 1 aromatic rings. The van der Waals surface area contributed by atoms with Crippen molar-refractivity contribution in [2.45, 2.75) is 18.9 Å². The molecule has 142 valence electrons.